The highest BCUT2D eigenvalue weighted by molar-refractivity contribution is 5.94. The third kappa shape index (κ3) is 8.53. The Hall–Kier alpha value is -2.85. The highest BCUT2D eigenvalue weighted by Gasteiger charge is 2.10. The molecule has 0 fully saturated rings. The van der Waals surface area contributed by atoms with E-state index < -0.39 is 18.8 Å². The normalized spacial score (nSPS) is 11.2. The van der Waals surface area contributed by atoms with Crippen LogP contribution in [0.4, 0.5) is 0 Å². The van der Waals surface area contributed by atoms with Crippen molar-refractivity contribution in [2.75, 3.05) is 33.1 Å². The molecule has 11 nitrogen and oxygen atoms in total. The Morgan fingerprint density at radius 3 is 2.88 bits per heavy atom. The molecule has 1 aromatic carbocycles. The van der Waals surface area contributed by atoms with Crippen molar-refractivity contribution in [2.45, 2.75) is 6.23 Å². The van der Waals surface area contributed by atoms with E-state index in [9.17, 15) is 9.59 Å². The number of nitrogens with one attached hydrogen (secondary N) is 1. The fraction of sp³-hybridized carbons (Fsp3) is 0.429. The van der Waals surface area contributed by atoms with Crippen LogP contribution >= 0.6 is 0 Å². The Labute approximate surface area is 143 Å². The second kappa shape index (κ2) is 11.6. The highest BCUT2D eigenvalue weighted by atomic mass is 16.6. The van der Waals surface area contributed by atoms with Crippen molar-refractivity contribution in [3.05, 3.63) is 40.3 Å². The zero-order valence-electron chi connectivity index (χ0n) is 13.3. The predicted molar refractivity (Wildman–Crippen MR) is 85.8 cm³/mol. The van der Waals surface area contributed by atoms with Crippen molar-refractivity contribution in [1.82, 2.24) is 5.32 Å². The first-order valence-corrected chi connectivity index (χ1v) is 7.23. The SMILES string of the molecule is [N-]=[N+]=NC(COc1cccc(C(=O)NCN)c1)OCCOCC(=O)O. The molecule has 0 heterocycles. The van der Waals surface area contributed by atoms with Gasteiger partial charge >= 0.3 is 5.97 Å². The van der Waals surface area contributed by atoms with Gasteiger partial charge in [-0.2, -0.15) is 0 Å². The zero-order chi connectivity index (χ0) is 18.5. The monoisotopic (exact) mass is 353 g/mol. The highest BCUT2D eigenvalue weighted by Crippen LogP contribution is 2.14. The Kier molecular flexibility index (Phi) is 9.41. The second-order valence-electron chi connectivity index (χ2n) is 4.53. The minimum Gasteiger partial charge on any atom is -0.491 e. The molecule has 0 saturated carbocycles. The maximum Gasteiger partial charge on any atom is 0.329 e. The van der Waals surface area contributed by atoms with Gasteiger partial charge in [0.1, 0.15) is 19.0 Å². The average Bonchev–Trinajstić information content (AvgIpc) is 2.59. The Balaban J connectivity index is 2.48. The first kappa shape index (κ1) is 20.2. The minimum absolute atomic E-state index is 0.0145. The number of carboxylic acids is 1. The molecule has 1 unspecified atom stereocenters. The summed E-state index contributed by atoms with van der Waals surface area (Å²) in [6, 6.07) is 6.36. The second-order valence-corrected chi connectivity index (χ2v) is 4.53. The predicted octanol–water partition coefficient (Wildman–Crippen LogP) is 0.466. The maximum absolute atomic E-state index is 11.7. The zero-order valence-corrected chi connectivity index (χ0v) is 13.3. The number of hydrogen-bond donors (Lipinski definition) is 3. The van der Waals surface area contributed by atoms with Crippen LogP contribution in [0.1, 0.15) is 10.4 Å². The summed E-state index contributed by atoms with van der Waals surface area (Å²) in [6.45, 7) is -0.465. The molecule has 1 amide bonds. The van der Waals surface area contributed by atoms with Gasteiger partial charge in [0.2, 0.25) is 0 Å². The van der Waals surface area contributed by atoms with Gasteiger partial charge in [-0.05, 0) is 23.7 Å². The maximum atomic E-state index is 11.7. The van der Waals surface area contributed by atoms with Crippen LogP contribution in [0.25, 0.3) is 10.4 Å². The summed E-state index contributed by atoms with van der Waals surface area (Å²) in [4.78, 5) is 24.6. The van der Waals surface area contributed by atoms with E-state index in [0.29, 0.717) is 11.3 Å². The number of rotatable bonds is 12. The molecule has 1 atom stereocenters. The number of carboxylic acid groups (broad SMARTS) is 1. The first-order valence-electron chi connectivity index (χ1n) is 7.23. The summed E-state index contributed by atoms with van der Waals surface area (Å²) in [5.74, 6) is -1.05. The molecular formula is C14H19N5O6. The topological polar surface area (TPSA) is 169 Å². The summed E-state index contributed by atoms with van der Waals surface area (Å²) in [6.07, 6.45) is -0.931. The summed E-state index contributed by atoms with van der Waals surface area (Å²) in [5, 5.41) is 14.3. The quantitative estimate of drug-likeness (QED) is 0.161. The number of amides is 1. The Morgan fingerprint density at radius 2 is 2.20 bits per heavy atom. The number of azide groups is 1. The van der Waals surface area contributed by atoms with E-state index in [2.05, 4.69) is 15.3 Å². The van der Waals surface area contributed by atoms with Crippen LogP contribution in [0.5, 0.6) is 5.75 Å². The Morgan fingerprint density at radius 1 is 1.40 bits per heavy atom. The van der Waals surface area contributed by atoms with Gasteiger partial charge in [0, 0.05) is 10.5 Å². The summed E-state index contributed by atoms with van der Waals surface area (Å²) in [7, 11) is 0. The van der Waals surface area contributed by atoms with Gasteiger partial charge in [-0.15, -0.1) is 0 Å². The lowest BCUT2D eigenvalue weighted by atomic mass is 10.2. The van der Waals surface area contributed by atoms with E-state index in [1.807, 2.05) is 0 Å². The number of nitrogens with zero attached hydrogens (tertiary/aromatic N) is 3. The van der Waals surface area contributed by atoms with Crippen LogP contribution in [0, 0.1) is 0 Å². The third-order valence-corrected chi connectivity index (χ3v) is 2.70. The van der Waals surface area contributed by atoms with Gasteiger partial charge in [0.25, 0.3) is 5.91 Å². The molecule has 0 aromatic heterocycles. The fourth-order valence-electron chi connectivity index (χ4n) is 1.66. The van der Waals surface area contributed by atoms with E-state index in [-0.39, 0.29) is 32.4 Å². The number of hydrogen-bond acceptors (Lipinski definition) is 7. The van der Waals surface area contributed by atoms with Gasteiger partial charge < -0.3 is 30.4 Å². The minimum atomic E-state index is -1.09. The summed E-state index contributed by atoms with van der Waals surface area (Å²) < 4.78 is 15.5. The largest absolute Gasteiger partial charge is 0.491 e. The fourth-order valence-corrected chi connectivity index (χ4v) is 1.66. The number of nitrogens with two attached hydrogens (primary N) is 1. The molecule has 0 spiro atoms. The van der Waals surface area contributed by atoms with Crippen LogP contribution in [0.2, 0.25) is 0 Å². The van der Waals surface area contributed by atoms with Crippen LogP contribution in [-0.4, -0.2) is 56.3 Å². The van der Waals surface area contributed by atoms with Crippen LogP contribution in [0.3, 0.4) is 0 Å². The van der Waals surface area contributed by atoms with E-state index in [1.165, 1.54) is 6.07 Å². The number of carbonyl (C=O) groups excluding carboxylic acids is 1. The van der Waals surface area contributed by atoms with Crippen molar-refractivity contribution in [3.8, 4) is 5.75 Å². The molecule has 1 aromatic rings. The molecule has 11 heteroatoms. The molecule has 25 heavy (non-hydrogen) atoms. The van der Waals surface area contributed by atoms with E-state index in [4.69, 9.17) is 30.6 Å². The number of aliphatic carboxylic acids is 1. The lowest BCUT2D eigenvalue weighted by Gasteiger charge is -2.14. The van der Waals surface area contributed by atoms with Gasteiger partial charge in [0.15, 0.2) is 6.23 Å². The molecule has 136 valence electrons. The molecule has 0 aliphatic rings. The van der Waals surface area contributed by atoms with E-state index >= 15 is 0 Å². The lowest BCUT2D eigenvalue weighted by molar-refractivity contribution is -0.143. The van der Waals surface area contributed by atoms with Crippen molar-refractivity contribution in [1.29, 1.82) is 0 Å². The van der Waals surface area contributed by atoms with Gasteiger partial charge in [0.05, 0.1) is 19.9 Å². The molecule has 0 aliphatic carbocycles. The first-order chi connectivity index (χ1) is 12.1. The smallest absolute Gasteiger partial charge is 0.329 e. The summed E-state index contributed by atoms with van der Waals surface area (Å²) >= 11 is 0. The van der Waals surface area contributed by atoms with Gasteiger partial charge in [-0.25, -0.2) is 4.79 Å². The lowest BCUT2D eigenvalue weighted by Crippen LogP contribution is -2.29. The Bertz CT molecular complexity index is 619. The van der Waals surface area contributed by atoms with Crippen molar-refractivity contribution in [3.63, 3.8) is 0 Å². The van der Waals surface area contributed by atoms with E-state index in [0.717, 1.165) is 0 Å². The van der Waals surface area contributed by atoms with Crippen LogP contribution in [-0.2, 0) is 14.3 Å². The molecule has 0 saturated heterocycles. The van der Waals surface area contributed by atoms with Crippen molar-refractivity contribution in [2.24, 2.45) is 10.8 Å². The molecule has 4 N–H and O–H groups in total. The summed E-state index contributed by atoms with van der Waals surface area (Å²) in [5.41, 5.74) is 14.2. The van der Waals surface area contributed by atoms with Gasteiger partial charge in [-0.3, -0.25) is 4.79 Å². The van der Waals surface area contributed by atoms with Crippen LogP contribution in [0.15, 0.2) is 29.4 Å². The molecule has 0 radical (unpaired) electrons. The van der Waals surface area contributed by atoms with Crippen molar-refractivity contribution < 1.29 is 28.9 Å². The molecule has 0 aliphatic heterocycles. The third-order valence-electron chi connectivity index (χ3n) is 2.70. The van der Waals surface area contributed by atoms with Crippen LogP contribution < -0.4 is 15.8 Å². The van der Waals surface area contributed by atoms with Gasteiger partial charge in [-0.1, -0.05) is 11.2 Å². The molecular weight excluding hydrogens is 334 g/mol. The molecule has 1 rings (SSSR count). The van der Waals surface area contributed by atoms with Crippen molar-refractivity contribution >= 4 is 11.9 Å². The standard InChI is InChI=1S/C14H19N5O6/c15-9-17-14(22)10-2-1-3-11(6-10)25-7-12(18-19-16)24-5-4-23-8-13(20)21/h1-3,6,12H,4-5,7-9,15H2,(H,17,22)(H,20,21). The number of ether oxygens (including phenoxy) is 3. The average molecular weight is 353 g/mol. The van der Waals surface area contributed by atoms with E-state index in [1.54, 1.807) is 18.2 Å². The number of benzene rings is 1. The number of carbonyl (C=O) groups is 2. The molecule has 0 bridgehead atoms.